The maximum absolute atomic E-state index is 13.9. The van der Waals surface area contributed by atoms with Gasteiger partial charge in [-0.15, -0.1) is 0 Å². The van der Waals surface area contributed by atoms with Gasteiger partial charge in [-0.25, -0.2) is 13.8 Å². The molecule has 22 heavy (non-hydrogen) atoms. The molecule has 0 fully saturated rings. The number of hydrogen-bond donors (Lipinski definition) is 0. The van der Waals surface area contributed by atoms with Crippen molar-refractivity contribution >= 4 is 0 Å². The highest BCUT2D eigenvalue weighted by molar-refractivity contribution is 5.72. The fourth-order valence-corrected chi connectivity index (χ4v) is 2.26. The maximum atomic E-state index is 13.9. The third kappa shape index (κ3) is 2.45. The summed E-state index contributed by atoms with van der Waals surface area (Å²) in [5, 5.41) is 9.28. The van der Waals surface area contributed by atoms with Crippen molar-refractivity contribution in [3.8, 4) is 28.5 Å². The summed E-state index contributed by atoms with van der Waals surface area (Å²) in [5.74, 6) is -0.850. The van der Waals surface area contributed by atoms with Crippen molar-refractivity contribution in [1.82, 2.24) is 4.98 Å². The Kier molecular flexibility index (Phi) is 3.63. The van der Waals surface area contributed by atoms with Crippen LogP contribution < -0.4 is 0 Å². The molecule has 3 rings (SSSR count). The predicted octanol–water partition coefficient (Wildman–Crippen LogP) is 4.57. The Bertz CT molecular complexity index is 882. The summed E-state index contributed by atoms with van der Waals surface area (Å²) < 4.78 is 27.7. The molecular formula is C18H10F2N2. The topological polar surface area (TPSA) is 36.7 Å². The Morgan fingerprint density at radius 1 is 0.727 bits per heavy atom. The molecule has 0 amide bonds. The third-order valence-corrected chi connectivity index (χ3v) is 3.31. The first kappa shape index (κ1) is 13.9. The molecule has 106 valence electrons. The van der Waals surface area contributed by atoms with Crippen LogP contribution in [0.15, 0.2) is 60.7 Å². The molecule has 0 spiro atoms. The van der Waals surface area contributed by atoms with Crippen LogP contribution in [0.1, 0.15) is 5.69 Å². The fourth-order valence-electron chi connectivity index (χ4n) is 2.26. The van der Waals surface area contributed by atoms with E-state index in [0.29, 0.717) is 22.4 Å². The number of nitriles is 1. The van der Waals surface area contributed by atoms with Crippen LogP contribution in [0.4, 0.5) is 8.78 Å². The van der Waals surface area contributed by atoms with Crippen LogP contribution in [0.3, 0.4) is 0 Å². The van der Waals surface area contributed by atoms with Crippen LogP contribution >= 0.6 is 0 Å². The summed E-state index contributed by atoms with van der Waals surface area (Å²) in [5.41, 5.74) is 1.40. The molecule has 0 aliphatic rings. The largest absolute Gasteiger partial charge is 0.236 e. The van der Waals surface area contributed by atoms with Gasteiger partial charge in [0.25, 0.3) is 0 Å². The Morgan fingerprint density at radius 3 is 1.91 bits per heavy atom. The zero-order chi connectivity index (χ0) is 15.5. The molecule has 1 heterocycles. The summed E-state index contributed by atoms with van der Waals surface area (Å²) in [6.45, 7) is 0. The zero-order valence-corrected chi connectivity index (χ0v) is 11.4. The highest BCUT2D eigenvalue weighted by Gasteiger charge is 2.13. The number of hydrogen-bond acceptors (Lipinski definition) is 2. The lowest BCUT2D eigenvalue weighted by Crippen LogP contribution is -1.95. The molecule has 0 aliphatic carbocycles. The van der Waals surface area contributed by atoms with Gasteiger partial charge in [0.2, 0.25) is 0 Å². The lowest BCUT2D eigenvalue weighted by atomic mass is 10.0. The Morgan fingerprint density at radius 2 is 1.32 bits per heavy atom. The van der Waals surface area contributed by atoms with Crippen molar-refractivity contribution in [3.63, 3.8) is 0 Å². The molecule has 0 radical (unpaired) electrons. The van der Waals surface area contributed by atoms with Crippen LogP contribution in [0.25, 0.3) is 22.4 Å². The number of pyridine rings is 1. The van der Waals surface area contributed by atoms with Crippen LogP contribution in [0, 0.1) is 23.0 Å². The fraction of sp³-hybridized carbons (Fsp3) is 0. The average molecular weight is 292 g/mol. The van der Waals surface area contributed by atoms with Gasteiger partial charge in [0.05, 0.1) is 5.69 Å². The normalized spacial score (nSPS) is 10.2. The minimum absolute atomic E-state index is 0.0610. The minimum Gasteiger partial charge on any atom is -0.236 e. The molecule has 4 heteroatoms. The van der Waals surface area contributed by atoms with Gasteiger partial charge >= 0.3 is 0 Å². The zero-order valence-electron chi connectivity index (χ0n) is 11.4. The molecule has 3 aromatic rings. The third-order valence-electron chi connectivity index (χ3n) is 3.31. The van der Waals surface area contributed by atoms with Gasteiger partial charge in [0.1, 0.15) is 23.4 Å². The monoisotopic (exact) mass is 292 g/mol. The van der Waals surface area contributed by atoms with Crippen molar-refractivity contribution in [3.05, 3.63) is 78.0 Å². The van der Waals surface area contributed by atoms with Crippen molar-refractivity contribution in [2.24, 2.45) is 0 Å². The Balaban J connectivity index is 2.16. The van der Waals surface area contributed by atoms with Gasteiger partial charge in [-0.3, -0.25) is 0 Å². The van der Waals surface area contributed by atoms with Gasteiger partial charge < -0.3 is 0 Å². The van der Waals surface area contributed by atoms with E-state index in [1.165, 1.54) is 12.1 Å². The van der Waals surface area contributed by atoms with Gasteiger partial charge in [-0.2, -0.15) is 5.26 Å². The minimum atomic E-state index is -0.431. The van der Waals surface area contributed by atoms with E-state index in [-0.39, 0.29) is 5.69 Å². The average Bonchev–Trinajstić information content (AvgIpc) is 2.55. The summed E-state index contributed by atoms with van der Waals surface area (Å²) in [4.78, 5) is 4.17. The predicted molar refractivity (Wildman–Crippen MR) is 79.7 cm³/mol. The standard InChI is InChI=1S/C18H10F2N2/c19-15-7-3-1-5-12(15)13-9-10-17(22-18(13)11-21)14-6-2-4-8-16(14)20/h1-10H. The number of rotatable bonds is 2. The summed E-state index contributed by atoms with van der Waals surface area (Å²) in [6, 6.07) is 17.5. The van der Waals surface area contributed by atoms with E-state index in [1.807, 2.05) is 6.07 Å². The molecule has 0 saturated carbocycles. The van der Waals surface area contributed by atoms with Crippen molar-refractivity contribution in [2.75, 3.05) is 0 Å². The maximum Gasteiger partial charge on any atom is 0.149 e. The number of benzene rings is 2. The van der Waals surface area contributed by atoms with Crippen LogP contribution in [-0.4, -0.2) is 4.98 Å². The molecule has 2 aromatic carbocycles. The van der Waals surface area contributed by atoms with E-state index in [2.05, 4.69) is 4.98 Å². The second-order valence-corrected chi connectivity index (χ2v) is 4.66. The number of nitrogens with zero attached hydrogens (tertiary/aromatic N) is 2. The van der Waals surface area contributed by atoms with Crippen LogP contribution in [0.2, 0.25) is 0 Å². The van der Waals surface area contributed by atoms with Crippen molar-refractivity contribution < 1.29 is 8.78 Å². The first-order valence-corrected chi connectivity index (χ1v) is 6.61. The second kappa shape index (κ2) is 5.74. The molecule has 0 atom stereocenters. The van der Waals surface area contributed by atoms with Crippen LogP contribution in [0.5, 0.6) is 0 Å². The van der Waals surface area contributed by atoms with Gasteiger partial charge in [0.15, 0.2) is 0 Å². The van der Waals surface area contributed by atoms with Gasteiger partial charge in [-0.1, -0.05) is 30.3 Å². The summed E-state index contributed by atoms with van der Waals surface area (Å²) >= 11 is 0. The summed E-state index contributed by atoms with van der Waals surface area (Å²) in [6.07, 6.45) is 0. The van der Waals surface area contributed by atoms with Crippen molar-refractivity contribution in [2.45, 2.75) is 0 Å². The molecule has 0 N–H and O–H groups in total. The molecule has 1 aromatic heterocycles. The Hall–Kier alpha value is -3.06. The van der Waals surface area contributed by atoms with E-state index in [4.69, 9.17) is 0 Å². The van der Waals surface area contributed by atoms with E-state index in [9.17, 15) is 14.0 Å². The van der Waals surface area contributed by atoms with Crippen LogP contribution in [-0.2, 0) is 0 Å². The van der Waals surface area contributed by atoms with Gasteiger partial charge in [-0.05, 0) is 30.3 Å². The smallest absolute Gasteiger partial charge is 0.149 e. The molecule has 0 saturated heterocycles. The second-order valence-electron chi connectivity index (χ2n) is 4.66. The molecular weight excluding hydrogens is 282 g/mol. The van der Waals surface area contributed by atoms with E-state index in [0.717, 1.165) is 0 Å². The van der Waals surface area contributed by atoms with E-state index < -0.39 is 11.6 Å². The number of halogens is 2. The lowest BCUT2D eigenvalue weighted by Gasteiger charge is -2.08. The molecule has 0 unspecified atom stereocenters. The van der Waals surface area contributed by atoms with Gasteiger partial charge in [0, 0.05) is 16.7 Å². The Labute approximate surface area is 126 Å². The van der Waals surface area contributed by atoms with E-state index >= 15 is 0 Å². The lowest BCUT2D eigenvalue weighted by molar-refractivity contribution is 0.630. The number of aromatic nitrogens is 1. The molecule has 0 bridgehead atoms. The first-order chi connectivity index (χ1) is 10.7. The van der Waals surface area contributed by atoms with Crippen molar-refractivity contribution in [1.29, 1.82) is 5.26 Å². The SMILES string of the molecule is N#Cc1nc(-c2ccccc2F)ccc1-c1ccccc1F. The quantitative estimate of drug-likeness (QED) is 0.694. The highest BCUT2D eigenvalue weighted by Crippen LogP contribution is 2.28. The molecule has 0 aliphatic heterocycles. The first-order valence-electron chi connectivity index (χ1n) is 6.61. The highest BCUT2D eigenvalue weighted by atomic mass is 19.1. The summed E-state index contributed by atoms with van der Waals surface area (Å²) in [7, 11) is 0. The molecule has 2 nitrogen and oxygen atoms in total. The van der Waals surface area contributed by atoms with E-state index in [1.54, 1.807) is 48.5 Å².